The van der Waals surface area contributed by atoms with Gasteiger partial charge >= 0.3 is 7.12 Å². The molecule has 0 spiro atoms. The van der Waals surface area contributed by atoms with Crippen LogP contribution in [0.3, 0.4) is 0 Å². The van der Waals surface area contributed by atoms with E-state index in [9.17, 15) is 25.4 Å². The highest BCUT2D eigenvalue weighted by Crippen LogP contribution is 2.35. The number of nitriles is 2. The van der Waals surface area contributed by atoms with E-state index >= 15 is 0 Å². The van der Waals surface area contributed by atoms with E-state index in [1.54, 1.807) is 19.9 Å². The van der Waals surface area contributed by atoms with Gasteiger partial charge in [0.05, 0.1) is 6.10 Å². The number of nitrogens with two attached hydrogens (primary N) is 1. The summed E-state index contributed by atoms with van der Waals surface area (Å²) in [5, 5.41) is 37.6. The van der Waals surface area contributed by atoms with E-state index in [0.717, 1.165) is 0 Å². The molecule has 0 saturated carbocycles. The third kappa shape index (κ3) is 3.48. The summed E-state index contributed by atoms with van der Waals surface area (Å²) in [4.78, 5) is 14.3. The van der Waals surface area contributed by atoms with Gasteiger partial charge in [0, 0.05) is 11.1 Å². The normalized spacial score (nSPS) is 10.2. The van der Waals surface area contributed by atoms with Crippen molar-refractivity contribution in [3.63, 3.8) is 0 Å². The Morgan fingerprint density at radius 1 is 1.24 bits per heavy atom. The minimum absolute atomic E-state index is 0.00981. The molecule has 9 heteroatoms. The molecule has 1 heterocycles. The lowest BCUT2D eigenvalue weighted by atomic mass is 9.78. The zero-order valence-electron chi connectivity index (χ0n) is 13.6. The molecular formula is C16H15BN4O4. The highest BCUT2D eigenvalue weighted by atomic mass is 16.5. The van der Waals surface area contributed by atoms with Gasteiger partial charge in [-0.15, -0.1) is 0 Å². The van der Waals surface area contributed by atoms with E-state index in [1.165, 1.54) is 18.2 Å². The molecule has 0 unspecified atom stereocenters. The van der Waals surface area contributed by atoms with Gasteiger partial charge in [-0.05, 0) is 25.4 Å². The molecule has 0 aliphatic carbocycles. The Bertz CT molecular complexity index is 954. The van der Waals surface area contributed by atoms with Crippen LogP contribution in [0.4, 0.5) is 5.82 Å². The highest BCUT2D eigenvalue weighted by Gasteiger charge is 2.23. The second-order valence-electron chi connectivity index (χ2n) is 5.51. The Morgan fingerprint density at radius 3 is 2.40 bits per heavy atom. The minimum Gasteiger partial charge on any atom is -0.490 e. The molecule has 2 aromatic rings. The first-order valence-electron chi connectivity index (χ1n) is 7.33. The number of nitrogens with one attached hydrogen (secondary N) is 1. The Balaban J connectivity index is 2.94. The molecular weight excluding hydrogens is 323 g/mol. The highest BCUT2D eigenvalue weighted by molar-refractivity contribution is 6.58. The summed E-state index contributed by atoms with van der Waals surface area (Å²) in [6, 6.07) is 7.88. The van der Waals surface area contributed by atoms with Crippen LogP contribution in [0.25, 0.3) is 11.1 Å². The Labute approximate surface area is 143 Å². The van der Waals surface area contributed by atoms with Crippen molar-refractivity contribution < 1.29 is 14.8 Å². The lowest BCUT2D eigenvalue weighted by Crippen LogP contribution is -2.30. The van der Waals surface area contributed by atoms with E-state index in [1.807, 2.05) is 6.07 Å². The van der Waals surface area contributed by atoms with Crippen LogP contribution in [0, 0.1) is 22.7 Å². The largest absolute Gasteiger partial charge is 0.490 e. The van der Waals surface area contributed by atoms with Crippen molar-refractivity contribution in [1.29, 1.82) is 10.5 Å². The first-order valence-corrected chi connectivity index (χ1v) is 7.33. The Kier molecular flexibility index (Phi) is 5.13. The van der Waals surface area contributed by atoms with Crippen LogP contribution in [0.1, 0.15) is 25.0 Å². The van der Waals surface area contributed by atoms with Crippen LogP contribution < -0.4 is 21.5 Å². The molecule has 0 radical (unpaired) electrons. The number of H-pyrrole nitrogens is 1. The molecule has 126 valence electrons. The summed E-state index contributed by atoms with van der Waals surface area (Å²) in [7, 11) is -1.78. The summed E-state index contributed by atoms with van der Waals surface area (Å²) in [5.41, 5.74) is 4.85. The van der Waals surface area contributed by atoms with Crippen molar-refractivity contribution in [3.05, 3.63) is 39.7 Å². The van der Waals surface area contributed by atoms with Gasteiger partial charge in [-0.3, -0.25) is 4.79 Å². The fourth-order valence-corrected chi connectivity index (χ4v) is 2.37. The number of aromatic amines is 1. The van der Waals surface area contributed by atoms with Crippen molar-refractivity contribution in [1.82, 2.24) is 4.98 Å². The predicted octanol–water partition coefficient (Wildman–Crippen LogP) is -0.166. The monoisotopic (exact) mass is 338 g/mol. The SMILES string of the molecule is CC(C)Oc1ccc(B(O)O)cc1-c1c(C#N)c(N)[nH]c(=O)c1C#N. The van der Waals surface area contributed by atoms with Gasteiger partial charge in [-0.1, -0.05) is 12.1 Å². The molecule has 0 aliphatic rings. The number of hydrogen-bond acceptors (Lipinski definition) is 7. The van der Waals surface area contributed by atoms with Crippen LogP contribution in [-0.4, -0.2) is 28.3 Å². The molecule has 0 aliphatic heterocycles. The standard InChI is InChI=1S/C16H15BN4O4/c1-8(2)25-13-4-3-9(17(23)24)5-10(13)14-11(6-18)15(20)21-16(22)12(14)7-19/h3-5,8,23-24H,1-2H3,(H3,20,21,22). The maximum Gasteiger partial charge on any atom is 0.488 e. The summed E-state index contributed by atoms with van der Waals surface area (Å²) in [6.45, 7) is 3.56. The third-order valence-corrected chi connectivity index (χ3v) is 3.40. The Morgan fingerprint density at radius 2 is 1.88 bits per heavy atom. The van der Waals surface area contributed by atoms with Crippen molar-refractivity contribution >= 4 is 18.4 Å². The van der Waals surface area contributed by atoms with E-state index in [0.29, 0.717) is 0 Å². The number of rotatable bonds is 4. The molecule has 0 fully saturated rings. The van der Waals surface area contributed by atoms with Crippen molar-refractivity contribution in [2.24, 2.45) is 0 Å². The maximum atomic E-state index is 12.1. The number of ether oxygens (including phenoxy) is 1. The van der Waals surface area contributed by atoms with Crippen LogP contribution in [0.2, 0.25) is 0 Å². The van der Waals surface area contributed by atoms with Gasteiger partial charge in [0.15, 0.2) is 0 Å². The minimum atomic E-state index is -1.78. The summed E-state index contributed by atoms with van der Waals surface area (Å²) < 4.78 is 5.68. The molecule has 2 rings (SSSR count). The fraction of sp³-hybridized carbons (Fsp3) is 0.188. The van der Waals surface area contributed by atoms with Crippen LogP contribution in [0.15, 0.2) is 23.0 Å². The first-order chi connectivity index (χ1) is 11.8. The van der Waals surface area contributed by atoms with Crippen LogP contribution in [-0.2, 0) is 0 Å². The van der Waals surface area contributed by atoms with E-state index in [4.69, 9.17) is 10.5 Å². The summed E-state index contributed by atoms with van der Waals surface area (Å²) in [5.74, 6) is 0.0874. The number of anilines is 1. The third-order valence-electron chi connectivity index (χ3n) is 3.40. The molecule has 0 amide bonds. The van der Waals surface area contributed by atoms with Gasteiger partial charge < -0.3 is 25.5 Å². The van der Waals surface area contributed by atoms with Gasteiger partial charge in [-0.2, -0.15) is 10.5 Å². The lowest BCUT2D eigenvalue weighted by Gasteiger charge is -2.17. The zero-order chi connectivity index (χ0) is 18.7. The molecule has 0 atom stereocenters. The number of aromatic nitrogens is 1. The summed E-state index contributed by atoms with van der Waals surface area (Å²) >= 11 is 0. The molecule has 8 nitrogen and oxygen atoms in total. The van der Waals surface area contributed by atoms with Gasteiger partial charge in [0.1, 0.15) is 34.8 Å². The molecule has 5 N–H and O–H groups in total. The van der Waals surface area contributed by atoms with Gasteiger partial charge in [0.25, 0.3) is 5.56 Å². The van der Waals surface area contributed by atoms with Crippen LogP contribution in [0.5, 0.6) is 5.75 Å². The number of nitrogen functional groups attached to an aromatic ring is 1. The average molecular weight is 338 g/mol. The van der Waals surface area contributed by atoms with Crippen molar-refractivity contribution in [2.45, 2.75) is 20.0 Å². The molecule has 25 heavy (non-hydrogen) atoms. The number of pyridine rings is 1. The lowest BCUT2D eigenvalue weighted by molar-refractivity contribution is 0.243. The molecule has 1 aromatic heterocycles. The fourth-order valence-electron chi connectivity index (χ4n) is 2.37. The molecule has 0 bridgehead atoms. The first kappa shape index (κ1) is 18.1. The molecule has 1 aromatic carbocycles. The second-order valence-corrected chi connectivity index (χ2v) is 5.51. The van der Waals surface area contributed by atoms with E-state index < -0.39 is 12.7 Å². The maximum absolute atomic E-state index is 12.1. The quantitative estimate of drug-likeness (QED) is 0.564. The Hall–Kier alpha value is -3.27. The summed E-state index contributed by atoms with van der Waals surface area (Å²) in [6.07, 6.45) is -0.237. The average Bonchev–Trinajstić information content (AvgIpc) is 2.54. The van der Waals surface area contributed by atoms with Gasteiger partial charge in [0.2, 0.25) is 0 Å². The number of hydrogen-bond donors (Lipinski definition) is 4. The smallest absolute Gasteiger partial charge is 0.488 e. The topological polar surface area (TPSA) is 156 Å². The van der Waals surface area contributed by atoms with E-state index in [2.05, 4.69) is 4.98 Å². The van der Waals surface area contributed by atoms with Gasteiger partial charge in [-0.25, -0.2) is 0 Å². The second kappa shape index (κ2) is 7.10. The zero-order valence-corrected chi connectivity index (χ0v) is 13.6. The van der Waals surface area contributed by atoms with E-state index in [-0.39, 0.29) is 45.4 Å². The predicted molar refractivity (Wildman–Crippen MR) is 91.9 cm³/mol. The van der Waals surface area contributed by atoms with Crippen molar-refractivity contribution in [2.75, 3.05) is 5.73 Å². The number of benzene rings is 1. The number of nitrogens with zero attached hydrogens (tertiary/aromatic N) is 2. The molecule has 0 saturated heterocycles. The van der Waals surface area contributed by atoms with Crippen LogP contribution >= 0.6 is 0 Å². The van der Waals surface area contributed by atoms with Crippen molar-refractivity contribution in [3.8, 4) is 29.0 Å².